The number of ether oxygens (including phenoxy) is 1. The summed E-state index contributed by atoms with van der Waals surface area (Å²) < 4.78 is 6.11. The molecule has 4 nitrogen and oxygen atoms in total. The number of rotatable bonds is 3. The molecule has 0 aliphatic carbocycles. The predicted molar refractivity (Wildman–Crippen MR) is 86.7 cm³/mol. The molecule has 0 radical (unpaired) electrons. The zero-order valence-electron chi connectivity index (χ0n) is 12.8. The Morgan fingerprint density at radius 3 is 3.00 bits per heavy atom. The minimum absolute atomic E-state index is 0.509. The van der Waals surface area contributed by atoms with E-state index < -0.39 is 0 Å². The lowest BCUT2D eigenvalue weighted by Crippen LogP contribution is -2.40. The smallest absolute Gasteiger partial charge is 0.127 e. The number of likely N-dealkylation sites (N-methyl/N-ethyl adjacent to an activating group) is 1. The molecular formula is C17H23N3O. The Kier molecular flexibility index (Phi) is 3.97. The lowest BCUT2D eigenvalue weighted by molar-refractivity contribution is 0.126. The van der Waals surface area contributed by atoms with Gasteiger partial charge in [-0.3, -0.25) is 4.98 Å². The van der Waals surface area contributed by atoms with Gasteiger partial charge in [0.2, 0.25) is 0 Å². The molecule has 1 unspecified atom stereocenters. The highest BCUT2D eigenvalue weighted by Gasteiger charge is 2.19. The van der Waals surface area contributed by atoms with Crippen LogP contribution in [-0.4, -0.2) is 36.1 Å². The maximum Gasteiger partial charge on any atom is 0.127 e. The van der Waals surface area contributed by atoms with Crippen LogP contribution >= 0.6 is 0 Å². The maximum absolute atomic E-state index is 6.11. The number of likely N-dealkylation sites (tertiary alicyclic amines) is 1. The lowest BCUT2D eigenvalue weighted by Gasteiger charge is -2.32. The van der Waals surface area contributed by atoms with Gasteiger partial charge in [0.05, 0.1) is 0 Å². The number of nitrogens with two attached hydrogens (primary N) is 1. The zero-order chi connectivity index (χ0) is 14.8. The van der Waals surface area contributed by atoms with Gasteiger partial charge in [0.15, 0.2) is 0 Å². The second kappa shape index (κ2) is 5.90. The molecule has 1 aliphatic rings. The Morgan fingerprint density at radius 2 is 2.19 bits per heavy atom. The van der Waals surface area contributed by atoms with Crippen LogP contribution in [0.2, 0.25) is 0 Å². The van der Waals surface area contributed by atoms with Gasteiger partial charge in [0.25, 0.3) is 0 Å². The van der Waals surface area contributed by atoms with Crippen molar-refractivity contribution in [3.63, 3.8) is 0 Å². The van der Waals surface area contributed by atoms with Crippen molar-refractivity contribution < 1.29 is 4.74 Å². The predicted octanol–water partition coefficient (Wildman–Crippen LogP) is 2.99. The van der Waals surface area contributed by atoms with Crippen LogP contribution in [0, 0.1) is 6.92 Å². The quantitative estimate of drug-likeness (QED) is 0.881. The topological polar surface area (TPSA) is 51.4 Å². The van der Waals surface area contributed by atoms with Gasteiger partial charge in [-0.15, -0.1) is 0 Å². The molecular weight excluding hydrogens is 262 g/mol. The van der Waals surface area contributed by atoms with Gasteiger partial charge in [-0.2, -0.15) is 0 Å². The molecule has 2 aromatic rings. The summed E-state index contributed by atoms with van der Waals surface area (Å²) >= 11 is 0. The Balaban J connectivity index is 1.83. The number of piperidine rings is 1. The highest BCUT2D eigenvalue weighted by Crippen LogP contribution is 2.30. The number of pyridine rings is 1. The largest absolute Gasteiger partial charge is 0.491 e. The molecule has 21 heavy (non-hydrogen) atoms. The standard InChI is InChI=1S/C17H23N3O/c1-12-9-14-15(10-19-12)16(18)6-7-17(14)21-11-13-5-3-4-8-20(13)2/h6-7,9-10,13H,3-5,8,11,18H2,1-2H3. The van der Waals surface area contributed by atoms with Gasteiger partial charge in [-0.1, -0.05) is 6.42 Å². The van der Waals surface area contributed by atoms with Crippen molar-refractivity contribution in [2.45, 2.75) is 32.2 Å². The molecule has 112 valence electrons. The number of aromatic nitrogens is 1. The number of hydrogen-bond donors (Lipinski definition) is 1. The van der Waals surface area contributed by atoms with Crippen LogP contribution in [0.4, 0.5) is 5.69 Å². The van der Waals surface area contributed by atoms with Crippen LogP contribution in [-0.2, 0) is 0 Å². The molecule has 2 heterocycles. The fourth-order valence-corrected chi connectivity index (χ4v) is 3.01. The van der Waals surface area contributed by atoms with Crippen LogP contribution < -0.4 is 10.5 Å². The summed E-state index contributed by atoms with van der Waals surface area (Å²) in [5, 5.41) is 2.02. The highest BCUT2D eigenvalue weighted by molar-refractivity contribution is 5.96. The third-order valence-corrected chi connectivity index (χ3v) is 4.38. The first-order chi connectivity index (χ1) is 10.1. The molecule has 1 aliphatic heterocycles. The van der Waals surface area contributed by atoms with Crippen molar-refractivity contribution in [1.29, 1.82) is 0 Å². The van der Waals surface area contributed by atoms with E-state index in [2.05, 4.69) is 16.9 Å². The molecule has 0 amide bonds. The number of hydrogen-bond acceptors (Lipinski definition) is 4. The number of fused-ring (bicyclic) bond motifs is 1. The third kappa shape index (κ3) is 2.95. The minimum atomic E-state index is 0.509. The van der Waals surface area contributed by atoms with E-state index >= 15 is 0 Å². The van der Waals surface area contributed by atoms with Crippen molar-refractivity contribution >= 4 is 16.5 Å². The molecule has 1 atom stereocenters. The summed E-state index contributed by atoms with van der Waals surface area (Å²) in [6.45, 7) is 3.89. The van der Waals surface area contributed by atoms with Crippen LogP contribution in [0.1, 0.15) is 25.0 Å². The summed E-state index contributed by atoms with van der Waals surface area (Å²) in [6.07, 6.45) is 5.64. The number of benzene rings is 1. The Morgan fingerprint density at radius 1 is 1.33 bits per heavy atom. The lowest BCUT2D eigenvalue weighted by atomic mass is 10.0. The van der Waals surface area contributed by atoms with E-state index in [0.717, 1.165) is 34.5 Å². The number of aryl methyl sites for hydroxylation is 1. The summed E-state index contributed by atoms with van der Waals surface area (Å²) in [5.41, 5.74) is 7.76. The molecule has 1 fully saturated rings. The maximum atomic E-state index is 6.11. The van der Waals surface area contributed by atoms with E-state index in [0.29, 0.717) is 6.04 Å². The molecule has 1 saturated heterocycles. The summed E-state index contributed by atoms with van der Waals surface area (Å²) in [4.78, 5) is 6.73. The summed E-state index contributed by atoms with van der Waals surface area (Å²) in [7, 11) is 2.18. The van der Waals surface area contributed by atoms with Crippen molar-refractivity contribution in [3.8, 4) is 5.75 Å². The van der Waals surface area contributed by atoms with Gasteiger partial charge >= 0.3 is 0 Å². The van der Waals surface area contributed by atoms with Gasteiger partial charge in [-0.25, -0.2) is 0 Å². The van der Waals surface area contributed by atoms with Gasteiger partial charge in [0.1, 0.15) is 12.4 Å². The van der Waals surface area contributed by atoms with E-state index in [9.17, 15) is 0 Å². The Bertz CT molecular complexity index is 641. The van der Waals surface area contributed by atoms with Crippen molar-refractivity contribution in [1.82, 2.24) is 9.88 Å². The first kappa shape index (κ1) is 14.1. The minimum Gasteiger partial charge on any atom is -0.491 e. The number of anilines is 1. The highest BCUT2D eigenvalue weighted by atomic mass is 16.5. The molecule has 0 spiro atoms. The fraction of sp³-hybridized carbons (Fsp3) is 0.471. The average Bonchev–Trinajstić information content (AvgIpc) is 2.48. The van der Waals surface area contributed by atoms with Gasteiger partial charge < -0.3 is 15.4 Å². The zero-order valence-corrected chi connectivity index (χ0v) is 12.8. The first-order valence-electron chi connectivity index (χ1n) is 7.63. The average molecular weight is 285 g/mol. The van der Waals surface area contributed by atoms with Gasteiger partial charge in [0, 0.05) is 34.4 Å². The third-order valence-electron chi connectivity index (χ3n) is 4.38. The van der Waals surface area contributed by atoms with Crippen molar-refractivity contribution in [2.75, 3.05) is 25.9 Å². The van der Waals surface area contributed by atoms with E-state index in [1.165, 1.54) is 25.8 Å². The van der Waals surface area contributed by atoms with Crippen LogP contribution in [0.3, 0.4) is 0 Å². The molecule has 0 bridgehead atoms. The molecule has 0 saturated carbocycles. The fourth-order valence-electron chi connectivity index (χ4n) is 3.01. The molecule has 1 aromatic heterocycles. The van der Waals surface area contributed by atoms with E-state index in [4.69, 9.17) is 10.5 Å². The molecule has 1 aromatic carbocycles. The summed E-state index contributed by atoms with van der Waals surface area (Å²) in [6, 6.07) is 6.43. The Labute approximate surface area is 125 Å². The van der Waals surface area contributed by atoms with Crippen LogP contribution in [0.25, 0.3) is 10.8 Å². The second-order valence-electron chi connectivity index (χ2n) is 5.97. The van der Waals surface area contributed by atoms with E-state index in [1.54, 1.807) is 0 Å². The number of nitrogens with zero attached hydrogens (tertiary/aromatic N) is 2. The SMILES string of the molecule is Cc1cc2c(OCC3CCCCN3C)ccc(N)c2cn1. The van der Waals surface area contributed by atoms with Crippen LogP contribution in [0.15, 0.2) is 24.4 Å². The Hall–Kier alpha value is -1.81. The molecule has 4 heteroatoms. The first-order valence-corrected chi connectivity index (χ1v) is 7.63. The van der Waals surface area contributed by atoms with Crippen molar-refractivity contribution in [2.24, 2.45) is 0 Å². The number of nitrogen functional groups attached to an aromatic ring is 1. The normalized spacial score (nSPS) is 19.8. The summed E-state index contributed by atoms with van der Waals surface area (Å²) in [5.74, 6) is 0.906. The van der Waals surface area contributed by atoms with Crippen LogP contribution in [0.5, 0.6) is 5.75 Å². The second-order valence-corrected chi connectivity index (χ2v) is 5.97. The van der Waals surface area contributed by atoms with Gasteiger partial charge in [-0.05, 0) is 51.6 Å². The van der Waals surface area contributed by atoms with E-state index in [1.807, 2.05) is 31.3 Å². The van der Waals surface area contributed by atoms with E-state index in [-0.39, 0.29) is 0 Å². The molecule has 2 N–H and O–H groups in total. The van der Waals surface area contributed by atoms with Crippen molar-refractivity contribution in [3.05, 3.63) is 30.1 Å². The monoisotopic (exact) mass is 285 g/mol. The molecule has 3 rings (SSSR count).